The smallest absolute Gasteiger partial charge is 0.181 e. The Bertz CT molecular complexity index is 450. The Morgan fingerprint density at radius 1 is 0.889 bits per heavy atom. The lowest BCUT2D eigenvalue weighted by Crippen LogP contribution is -1.98. The van der Waals surface area contributed by atoms with Crippen LogP contribution >= 0.6 is 0 Å². The van der Waals surface area contributed by atoms with Crippen LogP contribution in [0.4, 0.5) is 0 Å². The minimum Gasteiger partial charge on any atom is -0.442 e. The first-order chi connectivity index (χ1) is 8.70. The summed E-state index contributed by atoms with van der Waals surface area (Å²) in [5.41, 5.74) is 3.96. The van der Waals surface area contributed by atoms with Crippen LogP contribution < -0.4 is 0 Å². The van der Waals surface area contributed by atoms with Crippen molar-refractivity contribution in [2.75, 3.05) is 0 Å². The number of aromatic nitrogens is 3. The molecule has 100 valence electrons. The van der Waals surface area contributed by atoms with E-state index in [0.717, 1.165) is 22.5 Å². The zero-order chi connectivity index (χ0) is 14.1. The summed E-state index contributed by atoms with van der Waals surface area (Å²) >= 11 is 0. The van der Waals surface area contributed by atoms with Crippen LogP contribution in [0.1, 0.15) is 44.5 Å². The zero-order valence-electron chi connectivity index (χ0n) is 12.4. The molecule has 0 saturated heterocycles. The van der Waals surface area contributed by atoms with Crippen molar-refractivity contribution in [3.63, 3.8) is 0 Å². The first kappa shape index (κ1) is 16.3. The molecule has 0 atom stereocenters. The number of oxazole rings is 1. The van der Waals surface area contributed by atoms with Gasteiger partial charge in [0.2, 0.25) is 0 Å². The summed E-state index contributed by atoms with van der Waals surface area (Å²) in [4.78, 5) is 3.86. The standard InChI is InChI=1S/C10H11N3O.2C2H6/c1-6-7(2)10(13-12-8(6)3)9-4-11-5-14-9;2*1-2/h4-5H,1-3H3;2*1-2H3. The first-order valence-electron chi connectivity index (χ1n) is 6.39. The quantitative estimate of drug-likeness (QED) is 0.763. The normalized spacial score (nSPS) is 8.83. The van der Waals surface area contributed by atoms with Crippen LogP contribution in [0.25, 0.3) is 11.5 Å². The molecule has 0 spiro atoms. The third-order valence-corrected chi connectivity index (χ3v) is 2.43. The molecule has 2 heterocycles. The molecular weight excluding hydrogens is 226 g/mol. The Hall–Kier alpha value is -1.71. The Kier molecular flexibility index (Phi) is 7.59. The van der Waals surface area contributed by atoms with Crippen molar-refractivity contribution in [1.29, 1.82) is 0 Å². The zero-order valence-corrected chi connectivity index (χ0v) is 12.4. The molecule has 0 aliphatic carbocycles. The fourth-order valence-electron chi connectivity index (χ4n) is 1.29. The monoisotopic (exact) mass is 249 g/mol. The molecule has 0 amide bonds. The number of aryl methyl sites for hydroxylation is 1. The second-order valence-electron chi connectivity index (χ2n) is 3.25. The highest BCUT2D eigenvalue weighted by atomic mass is 16.3. The number of hydrogen-bond acceptors (Lipinski definition) is 4. The van der Waals surface area contributed by atoms with Crippen LogP contribution in [-0.2, 0) is 0 Å². The molecule has 0 bridgehead atoms. The summed E-state index contributed by atoms with van der Waals surface area (Å²) < 4.78 is 5.18. The van der Waals surface area contributed by atoms with E-state index < -0.39 is 0 Å². The molecule has 0 aromatic carbocycles. The molecule has 0 aliphatic rings. The third-order valence-electron chi connectivity index (χ3n) is 2.43. The van der Waals surface area contributed by atoms with E-state index in [9.17, 15) is 0 Å². The molecule has 4 heteroatoms. The van der Waals surface area contributed by atoms with E-state index in [2.05, 4.69) is 15.2 Å². The average molecular weight is 249 g/mol. The number of nitrogens with zero attached hydrogens (tertiary/aromatic N) is 3. The molecule has 0 unspecified atom stereocenters. The maximum atomic E-state index is 5.18. The fourth-order valence-corrected chi connectivity index (χ4v) is 1.29. The largest absolute Gasteiger partial charge is 0.442 e. The second kappa shape index (κ2) is 8.39. The lowest BCUT2D eigenvalue weighted by molar-refractivity contribution is 0.568. The molecule has 18 heavy (non-hydrogen) atoms. The lowest BCUT2D eigenvalue weighted by Gasteiger charge is -2.05. The van der Waals surface area contributed by atoms with Crippen molar-refractivity contribution in [3.8, 4) is 11.5 Å². The molecule has 0 radical (unpaired) electrons. The summed E-state index contributed by atoms with van der Waals surface area (Å²) in [5.74, 6) is 0.665. The molecule has 0 saturated carbocycles. The Morgan fingerprint density at radius 3 is 2.00 bits per heavy atom. The summed E-state index contributed by atoms with van der Waals surface area (Å²) in [6, 6.07) is 0. The van der Waals surface area contributed by atoms with Crippen LogP contribution in [0, 0.1) is 20.8 Å². The summed E-state index contributed by atoms with van der Waals surface area (Å²) in [7, 11) is 0. The van der Waals surface area contributed by atoms with Crippen molar-refractivity contribution < 1.29 is 4.42 Å². The minimum absolute atomic E-state index is 0.665. The van der Waals surface area contributed by atoms with E-state index in [4.69, 9.17) is 4.42 Å². The van der Waals surface area contributed by atoms with Gasteiger partial charge in [0.25, 0.3) is 0 Å². The van der Waals surface area contributed by atoms with Gasteiger partial charge in [-0.1, -0.05) is 27.7 Å². The van der Waals surface area contributed by atoms with Crippen LogP contribution in [0.15, 0.2) is 17.0 Å². The van der Waals surface area contributed by atoms with E-state index in [1.54, 1.807) is 6.20 Å². The van der Waals surface area contributed by atoms with Gasteiger partial charge in [0, 0.05) is 0 Å². The molecular formula is C14H23N3O. The first-order valence-corrected chi connectivity index (χ1v) is 6.39. The van der Waals surface area contributed by atoms with Crippen LogP contribution in [0.5, 0.6) is 0 Å². The lowest BCUT2D eigenvalue weighted by atomic mass is 10.1. The van der Waals surface area contributed by atoms with Gasteiger partial charge in [-0.25, -0.2) is 4.98 Å². The summed E-state index contributed by atoms with van der Waals surface area (Å²) in [6.07, 6.45) is 3.04. The maximum Gasteiger partial charge on any atom is 0.181 e. The Morgan fingerprint density at radius 2 is 1.50 bits per heavy atom. The van der Waals surface area contributed by atoms with Crippen molar-refractivity contribution >= 4 is 0 Å². The van der Waals surface area contributed by atoms with Gasteiger partial charge in [0.05, 0.1) is 11.9 Å². The molecule has 4 nitrogen and oxygen atoms in total. The highest BCUT2D eigenvalue weighted by molar-refractivity contribution is 5.57. The highest BCUT2D eigenvalue weighted by Crippen LogP contribution is 2.22. The van der Waals surface area contributed by atoms with E-state index in [1.165, 1.54) is 6.39 Å². The number of hydrogen-bond donors (Lipinski definition) is 0. The highest BCUT2D eigenvalue weighted by Gasteiger charge is 2.11. The van der Waals surface area contributed by atoms with Crippen LogP contribution in [0.3, 0.4) is 0 Å². The summed E-state index contributed by atoms with van der Waals surface area (Å²) in [5, 5.41) is 8.16. The minimum atomic E-state index is 0.665. The molecule has 0 fully saturated rings. The van der Waals surface area contributed by atoms with Gasteiger partial charge in [0.1, 0.15) is 5.69 Å². The van der Waals surface area contributed by atoms with Gasteiger partial charge in [0.15, 0.2) is 12.2 Å². The molecule has 2 aromatic heterocycles. The van der Waals surface area contributed by atoms with E-state index in [1.807, 2.05) is 48.5 Å². The van der Waals surface area contributed by atoms with E-state index >= 15 is 0 Å². The molecule has 0 aliphatic heterocycles. The third kappa shape index (κ3) is 3.65. The predicted molar refractivity (Wildman–Crippen MR) is 74.4 cm³/mol. The second-order valence-corrected chi connectivity index (χ2v) is 3.25. The topological polar surface area (TPSA) is 51.8 Å². The fraction of sp³-hybridized carbons (Fsp3) is 0.500. The maximum absolute atomic E-state index is 5.18. The average Bonchev–Trinajstić information content (AvgIpc) is 2.95. The van der Waals surface area contributed by atoms with Crippen LogP contribution in [-0.4, -0.2) is 15.2 Å². The van der Waals surface area contributed by atoms with Gasteiger partial charge in [-0.3, -0.25) is 0 Å². The summed E-state index contributed by atoms with van der Waals surface area (Å²) in [6.45, 7) is 14.0. The van der Waals surface area contributed by atoms with Crippen LogP contribution in [0.2, 0.25) is 0 Å². The predicted octanol–water partition coefficient (Wildman–Crippen LogP) is 4.11. The molecule has 2 aromatic rings. The van der Waals surface area contributed by atoms with Gasteiger partial charge < -0.3 is 4.42 Å². The van der Waals surface area contributed by atoms with Crippen molar-refractivity contribution in [1.82, 2.24) is 15.2 Å². The van der Waals surface area contributed by atoms with E-state index in [0.29, 0.717) is 5.76 Å². The van der Waals surface area contributed by atoms with Gasteiger partial charge >= 0.3 is 0 Å². The van der Waals surface area contributed by atoms with Crippen molar-refractivity contribution in [2.45, 2.75) is 48.5 Å². The van der Waals surface area contributed by atoms with Gasteiger partial charge in [-0.15, -0.1) is 5.10 Å². The SMILES string of the molecule is CC.CC.Cc1nnc(-c2cnco2)c(C)c1C. The van der Waals surface area contributed by atoms with Crippen molar-refractivity contribution in [3.05, 3.63) is 29.4 Å². The van der Waals surface area contributed by atoms with Gasteiger partial charge in [-0.2, -0.15) is 5.10 Å². The number of rotatable bonds is 1. The Balaban J connectivity index is 0.000000659. The van der Waals surface area contributed by atoms with Gasteiger partial charge in [-0.05, 0) is 31.9 Å². The Labute approximate surface area is 109 Å². The van der Waals surface area contributed by atoms with Crippen molar-refractivity contribution in [2.24, 2.45) is 0 Å². The molecule has 0 N–H and O–H groups in total. The van der Waals surface area contributed by atoms with E-state index in [-0.39, 0.29) is 0 Å². The molecule has 2 rings (SSSR count).